The van der Waals surface area contributed by atoms with Gasteiger partial charge in [0.05, 0.1) is 28.3 Å². The average Bonchev–Trinajstić information content (AvgIpc) is 2.83. The number of pyridine rings is 1. The van der Waals surface area contributed by atoms with E-state index in [1.165, 1.54) is 12.1 Å². The maximum atomic E-state index is 13.1. The van der Waals surface area contributed by atoms with Gasteiger partial charge in [-0.25, -0.2) is 14.2 Å². The number of hydrogen-bond donors (Lipinski definition) is 0. The van der Waals surface area contributed by atoms with Gasteiger partial charge in [-0.1, -0.05) is 0 Å². The van der Waals surface area contributed by atoms with Crippen molar-refractivity contribution in [2.75, 3.05) is 7.11 Å². The molecule has 2 heterocycles. The van der Waals surface area contributed by atoms with Crippen LogP contribution in [0.2, 0.25) is 0 Å². The van der Waals surface area contributed by atoms with Crippen LogP contribution in [0.4, 0.5) is 11.4 Å². The number of ether oxygens (including phenoxy) is 1. The van der Waals surface area contributed by atoms with Gasteiger partial charge < -0.3 is 4.74 Å². The van der Waals surface area contributed by atoms with Gasteiger partial charge in [-0.15, -0.1) is 0 Å². The molecule has 3 aromatic rings. The monoisotopic (exact) mass is 379 g/mol. The molecule has 0 fully saturated rings. The molecule has 0 saturated heterocycles. The second-order valence-electron chi connectivity index (χ2n) is 5.72. The number of nitro benzene ring substituents is 1. The Morgan fingerprint density at radius 1 is 1.11 bits per heavy atom. The molecule has 0 bridgehead atoms. The summed E-state index contributed by atoms with van der Waals surface area (Å²) in [4.78, 5) is 20.0. The number of benzene rings is 2. The van der Waals surface area contributed by atoms with Gasteiger partial charge in [-0.05, 0) is 42.5 Å². The fourth-order valence-electron chi connectivity index (χ4n) is 2.84. The van der Waals surface area contributed by atoms with Crippen molar-refractivity contribution in [2.24, 2.45) is 4.99 Å². The molecule has 2 aromatic carbocycles. The Morgan fingerprint density at radius 3 is 2.59 bits per heavy atom. The predicted octanol–water partition coefficient (Wildman–Crippen LogP) is 3.65. The summed E-state index contributed by atoms with van der Waals surface area (Å²) in [6.07, 6.45) is 1.58. The van der Waals surface area contributed by atoms with E-state index < -0.39 is 15.7 Å². The largest absolute Gasteiger partial charge is 0.497 e. The SMILES string of the molecule is COc1ccc2c(c1)C(c1ccc([N+](=O)[O-])cc1)=Nc1cccnc1S2=O. The van der Waals surface area contributed by atoms with Gasteiger partial charge in [0, 0.05) is 29.5 Å². The van der Waals surface area contributed by atoms with Gasteiger partial charge in [0.1, 0.15) is 16.5 Å². The first-order valence-corrected chi connectivity index (χ1v) is 9.12. The Labute approximate surface area is 157 Å². The zero-order valence-corrected chi connectivity index (χ0v) is 15.0. The number of aliphatic imine (C=N–C) groups is 1. The molecule has 0 saturated carbocycles. The number of nitro groups is 1. The van der Waals surface area contributed by atoms with E-state index in [9.17, 15) is 14.3 Å². The molecule has 27 heavy (non-hydrogen) atoms. The highest BCUT2D eigenvalue weighted by atomic mass is 32.2. The van der Waals surface area contributed by atoms with Crippen molar-refractivity contribution >= 4 is 27.9 Å². The molecule has 0 radical (unpaired) electrons. The van der Waals surface area contributed by atoms with Crippen molar-refractivity contribution in [1.29, 1.82) is 0 Å². The Kier molecular flexibility index (Phi) is 4.25. The zero-order valence-electron chi connectivity index (χ0n) is 14.2. The van der Waals surface area contributed by atoms with Crippen molar-refractivity contribution in [3.05, 3.63) is 82.0 Å². The van der Waals surface area contributed by atoms with Crippen LogP contribution in [-0.2, 0) is 10.8 Å². The predicted molar refractivity (Wildman–Crippen MR) is 100 cm³/mol. The van der Waals surface area contributed by atoms with Crippen molar-refractivity contribution in [3.8, 4) is 5.75 Å². The average molecular weight is 379 g/mol. The van der Waals surface area contributed by atoms with Crippen LogP contribution in [0.25, 0.3) is 0 Å². The number of fused-ring (bicyclic) bond motifs is 2. The van der Waals surface area contributed by atoms with E-state index in [1.54, 1.807) is 55.8 Å². The van der Waals surface area contributed by atoms with Crippen LogP contribution >= 0.6 is 0 Å². The van der Waals surface area contributed by atoms with Crippen LogP contribution < -0.4 is 4.74 Å². The lowest BCUT2D eigenvalue weighted by Crippen LogP contribution is -2.07. The van der Waals surface area contributed by atoms with Crippen molar-refractivity contribution < 1.29 is 13.9 Å². The highest BCUT2D eigenvalue weighted by Crippen LogP contribution is 2.34. The van der Waals surface area contributed by atoms with Crippen LogP contribution in [-0.4, -0.2) is 26.9 Å². The Hall–Kier alpha value is -3.39. The minimum Gasteiger partial charge on any atom is -0.497 e. The van der Waals surface area contributed by atoms with E-state index in [4.69, 9.17) is 4.74 Å². The fraction of sp³-hybridized carbons (Fsp3) is 0.0526. The number of rotatable bonds is 3. The maximum Gasteiger partial charge on any atom is 0.269 e. The molecule has 8 heteroatoms. The fourth-order valence-corrected chi connectivity index (χ4v) is 4.05. The summed E-state index contributed by atoms with van der Waals surface area (Å²) in [5.41, 5.74) is 2.35. The summed E-state index contributed by atoms with van der Waals surface area (Å²) in [5.74, 6) is 0.597. The van der Waals surface area contributed by atoms with Crippen molar-refractivity contribution in [1.82, 2.24) is 4.98 Å². The second-order valence-corrected chi connectivity index (χ2v) is 7.09. The topological polar surface area (TPSA) is 94.7 Å². The third-order valence-electron chi connectivity index (χ3n) is 4.15. The van der Waals surface area contributed by atoms with Crippen LogP contribution in [0.15, 0.2) is 75.7 Å². The van der Waals surface area contributed by atoms with Crippen LogP contribution in [0, 0.1) is 10.1 Å². The van der Waals surface area contributed by atoms with Gasteiger partial charge in [0.25, 0.3) is 5.69 Å². The van der Waals surface area contributed by atoms with Crippen molar-refractivity contribution in [3.63, 3.8) is 0 Å². The summed E-state index contributed by atoms with van der Waals surface area (Å²) in [6.45, 7) is 0. The molecule has 134 valence electrons. The zero-order chi connectivity index (χ0) is 19.0. The summed E-state index contributed by atoms with van der Waals surface area (Å²) >= 11 is 0. The first-order chi connectivity index (χ1) is 13.1. The van der Waals surface area contributed by atoms with Gasteiger partial charge in [-0.3, -0.25) is 10.1 Å². The van der Waals surface area contributed by atoms with Gasteiger partial charge in [-0.2, -0.15) is 0 Å². The highest BCUT2D eigenvalue weighted by molar-refractivity contribution is 7.85. The van der Waals surface area contributed by atoms with E-state index in [1.807, 2.05) is 0 Å². The molecule has 1 aliphatic heterocycles. The summed E-state index contributed by atoms with van der Waals surface area (Å²) in [5, 5.41) is 11.3. The number of aromatic nitrogens is 1. The molecule has 0 N–H and O–H groups in total. The van der Waals surface area contributed by atoms with Gasteiger partial charge in [0.15, 0.2) is 5.03 Å². The molecule has 4 rings (SSSR count). The standard InChI is InChI=1S/C19H13N3O4S/c1-26-14-8-9-17-15(11-14)18(12-4-6-13(7-5-12)22(23)24)21-16-3-2-10-20-19(16)27(17)25/h2-11H,1H3. The molecule has 0 aliphatic carbocycles. The Bertz CT molecular complexity index is 1110. The number of non-ortho nitro benzene ring substituents is 1. The second kappa shape index (κ2) is 6.73. The summed E-state index contributed by atoms with van der Waals surface area (Å²) in [6, 6.07) is 14.8. The lowest BCUT2D eigenvalue weighted by molar-refractivity contribution is -0.384. The first-order valence-electron chi connectivity index (χ1n) is 7.97. The number of nitrogens with zero attached hydrogens (tertiary/aromatic N) is 3. The lowest BCUT2D eigenvalue weighted by Gasteiger charge is -2.11. The minimum atomic E-state index is -1.51. The summed E-state index contributed by atoms with van der Waals surface area (Å²) < 4.78 is 18.4. The first kappa shape index (κ1) is 17.0. The molecule has 1 aromatic heterocycles. The van der Waals surface area contributed by atoms with E-state index in [0.29, 0.717) is 38.2 Å². The van der Waals surface area contributed by atoms with E-state index in [0.717, 1.165) is 0 Å². The number of methoxy groups -OCH3 is 1. The van der Waals surface area contributed by atoms with E-state index in [2.05, 4.69) is 9.98 Å². The van der Waals surface area contributed by atoms with Crippen LogP contribution in [0.1, 0.15) is 11.1 Å². The smallest absolute Gasteiger partial charge is 0.269 e. The third-order valence-corrected chi connectivity index (χ3v) is 5.57. The molecular weight excluding hydrogens is 366 g/mol. The normalized spacial score (nSPS) is 15.1. The molecule has 1 unspecified atom stereocenters. The minimum absolute atomic E-state index is 0.00974. The molecular formula is C19H13N3O4S. The van der Waals surface area contributed by atoms with Crippen LogP contribution in [0.5, 0.6) is 5.75 Å². The van der Waals surface area contributed by atoms with Crippen LogP contribution in [0.3, 0.4) is 0 Å². The molecule has 1 aliphatic rings. The quantitative estimate of drug-likeness (QED) is 0.400. The Morgan fingerprint density at radius 2 is 1.89 bits per heavy atom. The van der Waals surface area contributed by atoms with E-state index >= 15 is 0 Å². The summed E-state index contributed by atoms with van der Waals surface area (Å²) in [7, 11) is 0.0366. The Balaban J connectivity index is 1.98. The molecule has 0 spiro atoms. The number of hydrogen-bond acceptors (Lipinski definition) is 6. The maximum absolute atomic E-state index is 13.1. The molecule has 7 nitrogen and oxygen atoms in total. The van der Waals surface area contributed by atoms with Gasteiger partial charge in [0.2, 0.25) is 0 Å². The van der Waals surface area contributed by atoms with Crippen molar-refractivity contribution in [2.45, 2.75) is 9.92 Å². The molecule has 0 amide bonds. The lowest BCUT2D eigenvalue weighted by atomic mass is 10.0. The third kappa shape index (κ3) is 3.00. The highest BCUT2D eigenvalue weighted by Gasteiger charge is 2.25. The van der Waals surface area contributed by atoms with E-state index in [-0.39, 0.29) is 5.69 Å². The molecule has 1 atom stereocenters. The van der Waals surface area contributed by atoms with Gasteiger partial charge >= 0.3 is 0 Å².